The molecular formula is C24H19N9O. The van der Waals surface area contributed by atoms with Crippen LogP contribution in [0.5, 0.6) is 0 Å². The van der Waals surface area contributed by atoms with Crippen LogP contribution in [0.2, 0.25) is 0 Å². The summed E-state index contributed by atoms with van der Waals surface area (Å²) < 4.78 is 1.53. The summed E-state index contributed by atoms with van der Waals surface area (Å²) in [6, 6.07) is 18.0. The minimum Gasteiger partial charge on any atom is -0.382 e. The van der Waals surface area contributed by atoms with Crippen LogP contribution >= 0.6 is 0 Å². The smallest absolute Gasteiger partial charge is 0.267 e. The van der Waals surface area contributed by atoms with Gasteiger partial charge in [-0.2, -0.15) is 20.5 Å². The van der Waals surface area contributed by atoms with Gasteiger partial charge in [-0.15, -0.1) is 0 Å². The van der Waals surface area contributed by atoms with E-state index in [4.69, 9.17) is 16.5 Å². The first kappa shape index (κ1) is 20.9. The van der Waals surface area contributed by atoms with E-state index < -0.39 is 0 Å². The van der Waals surface area contributed by atoms with Gasteiger partial charge in [0.05, 0.1) is 28.2 Å². The van der Waals surface area contributed by atoms with E-state index in [9.17, 15) is 15.3 Å². The van der Waals surface area contributed by atoms with E-state index in [0.29, 0.717) is 35.8 Å². The van der Waals surface area contributed by atoms with Gasteiger partial charge in [0.25, 0.3) is 5.56 Å². The van der Waals surface area contributed by atoms with Crippen molar-refractivity contribution in [3.05, 3.63) is 75.8 Å². The van der Waals surface area contributed by atoms with Crippen molar-refractivity contribution in [3.8, 4) is 17.8 Å². The Kier molecular flexibility index (Phi) is 5.04. The fourth-order valence-electron chi connectivity index (χ4n) is 4.48. The van der Waals surface area contributed by atoms with Gasteiger partial charge in [0, 0.05) is 6.54 Å². The maximum absolute atomic E-state index is 13.8. The lowest BCUT2D eigenvalue weighted by atomic mass is 10.1. The first-order chi connectivity index (χ1) is 16.5. The van der Waals surface area contributed by atoms with Gasteiger partial charge in [-0.1, -0.05) is 24.3 Å². The first-order valence-corrected chi connectivity index (χ1v) is 10.6. The Balaban J connectivity index is 1.80. The van der Waals surface area contributed by atoms with E-state index in [0.717, 1.165) is 6.42 Å². The SMILES string of the molecule is N#Cc1c(N)nc(N)nc1N1CCCC1c1nc2cccc(C#N)c2c(=O)n1-c1ccccc1. The van der Waals surface area contributed by atoms with Gasteiger partial charge in [0.15, 0.2) is 5.82 Å². The molecule has 0 bridgehead atoms. The Labute approximate surface area is 194 Å². The Hall–Kier alpha value is -4.96. The molecular weight excluding hydrogens is 430 g/mol. The molecule has 5 rings (SSSR count). The number of nitriles is 2. The van der Waals surface area contributed by atoms with Crippen molar-refractivity contribution in [2.24, 2.45) is 0 Å². The van der Waals surface area contributed by atoms with Gasteiger partial charge in [-0.3, -0.25) is 9.36 Å². The molecule has 0 spiro atoms. The van der Waals surface area contributed by atoms with Crippen molar-refractivity contribution in [2.45, 2.75) is 18.9 Å². The number of fused-ring (bicyclic) bond motifs is 1. The molecule has 1 fully saturated rings. The lowest BCUT2D eigenvalue weighted by molar-refractivity contribution is 0.633. The lowest BCUT2D eigenvalue weighted by Gasteiger charge is -2.28. The zero-order valence-electron chi connectivity index (χ0n) is 18.0. The zero-order chi connectivity index (χ0) is 23.8. The summed E-state index contributed by atoms with van der Waals surface area (Å²) in [4.78, 5) is 28.8. The highest BCUT2D eigenvalue weighted by molar-refractivity contribution is 5.84. The van der Waals surface area contributed by atoms with Gasteiger partial charge < -0.3 is 16.4 Å². The van der Waals surface area contributed by atoms with Crippen molar-refractivity contribution < 1.29 is 0 Å². The number of anilines is 3. The number of aromatic nitrogens is 4. The second-order valence-electron chi connectivity index (χ2n) is 7.89. The summed E-state index contributed by atoms with van der Waals surface area (Å²) in [5, 5.41) is 19.6. The summed E-state index contributed by atoms with van der Waals surface area (Å²) in [5.74, 6) is 0.759. The van der Waals surface area contributed by atoms with Gasteiger partial charge in [0.1, 0.15) is 29.3 Å². The largest absolute Gasteiger partial charge is 0.382 e. The molecule has 1 saturated heterocycles. The summed E-state index contributed by atoms with van der Waals surface area (Å²) in [6.07, 6.45) is 1.44. The summed E-state index contributed by atoms with van der Waals surface area (Å²) in [5.41, 5.74) is 12.9. The van der Waals surface area contributed by atoms with Crippen LogP contribution in [0.1, 0.15) is 35.8 Å². The van der Waals surface area contributed by atoms with E-state index in [1.165, 1.54) is 4.57 Å². The fourth-order valence-corrected chi connectivity index (χ4v) is 4.48. The molecule has 0 saturated carbocycles. The van der Waals surface area contributed by atoms with Crippen molar-refractivity contribution in [3.63, 3.8) is 0 Å². The molecule has 1 aliphatic rings. The van der Waals surface area contributed by atoms with Crippen molar-refractivity contribution in [1.82, 2.24) is 19.5 Å². The van der Waals surface area contributed by atoms with Crippen LogP contribution in [0, 0.1) is 22.7 Å². The highest BCUT2D eigenvalue weighted by Crippen LogP contribution is 2.38. The molecule has 166 valence electrons. The van der Waals surface area contributed by atoms with Crippen LogP contribution in [0.4, 0.5) is 17.6 Å². The third-order valence-corrected chi connectivity index (χ3v) is 5.93. The average molecular weight is 449 g/mol. The maximum atomic E-state index is 13.8. The Bertz CT molecular complexity index is 1560. The minimum atomic E-state index is -0.385. The molecule has 1 unspecified atom stereocenters. The standard InChI is InChI=1S/C24H19N9O/c25-12-14-6-4-9-17-19(14)23(34)33(15-7-2-1-3-8-15)22(29-17)18-10-5-11-32(18)21-16(13-26)20(27)30-24(28)31-21/h1-4,6-9,18H,5,10-11H2,(H4,27,28,30,31). The van der Waals surface area contributed by atoms with Crippen LogP contribution in [-0.2, 0) is 0 Å². The Morgan fingerprint density at radius 3 is 2.50 bits per heavy atom. The highest BCUT2D eigenvalue weighted by Gasteiger charge is 2.34. The molecule has 2 aromatic heterocycles. The van der Waals surface area contributed by atoms with Gasteiger partial charge in [-0.05, 0) is 37.1 Å². The van der Waals surface area contributed by atoms with Crippen LogP contribution in [-0.4, -0.2) is 26.1 Å². The molecule has 1 aliphatic heterocycles. The molecule has 10 heteroatoms. The summed E-state index contributed by atoms with van der Waals surface area (Å²) >= 11 is 0. The molecule has 0 amide bonds. The number of nitrogen functional groups attached to an aromatic ring is 2. The monoisotopic (exact) mass is 449 g/mol. The molecule has 4 N–H and O–H groups in total. The van der Waals surface area contributed by atoms with Crippen LogP contribution in [0.3, 0.4) is 0 Å². The third kappa shape index (κ3) is 3.26. The number of hydrogen-bond acceptors (Lipinski definition) is 9. The van der Waals surface area contributed by atoms with Crippen LogP contribution in [0.25, 0.3) is 16.6 Å². The molecule has 3 heterocycles. The molecule has 4 aromatic rings. The van der Waals surface area contributed by atoms with Crippen molar-refractivity contribution >= 4 is 28.5 Å². The lowest BCUT2D eigenvalue weighted by Crippen LogP contribution is -2.33. The quantitative estimate of drug-likeness (QED) is 0.478. The molecule has 34 heavy (non-hydrogen) atoms. The van der Waals surface area contributed by atoms with E-state index in [-0.39, 0.29) is 39.9 Å². The maximum Gasteiger partial charge on any atom is 0.267 e. The van der Waals surface area contributed by atoms with Gasteiger partial charge in [-0.25, -0.2) is 4.98 Å². The predicted molar refractivity (Wildman–Crippen MR) is 127 cm³/mol. The number of nitrogens with zero attached hydrogens (tertiary/aromatic N) is 7. The number of hydrogen-bond donors (Lipinski definition) is 2. The fraction of sp³-hybridized carbons (Fsp3) is 0.167. The second kappa shape index (κ2) is 8.19. The second-order valence-corrected chi connectivity index (χ2v) is 7.89. The van der Waals surface area contributed by atoms with E-state index in [2.05, 4.69) is 22.1 Å². The number of rotatable bonds is 3. The highest BCUT2D eigenvalue weighted by atomic mass is 16.1. The van der Waals surface area contributed by atoms with E-state index >= 15 is 0 Å². The minimum absolute atomic E-state index is 0.00114. The predicted octanol–water partition coefficient (Wildman–Crippen LogP) is 2.42. The number of benzene rings is 2. The molecule has 0 radical (unpaired) electrons. The summed E-state index contributed by atoms with van der Waals surface area (Å²) in [7, 11) is 0. The molecule has 1 atom stereocenters. The molecule has 2 aromatic carbocycles. The Morgan fingerprint density at radius 1 is 0.971 bits per heavy atom. The van der Waals surface area contributed by atoms with E-state index in [1.54, 1.807) is 18.2 Å². The number of para-hydroxylation sites is 1. The van der Waals surface area contributed by atoms with Crippen molar-refractivity contribution in [1.29, 1.82) is 10.5 Å². The average Bonchev–Trinajstić information content (AvgIpc) is 3.33. The van der Waals surface area contributed by atoms with Crippen LogP contribution < -0.4 is 21.9 Å². The van der Waals surface area contributed by atoms with E-state index in [1.807, 2.05) is 35.2 Å². The van der Waals surface area contributed by atoms with Gasteiger partial charge >= 0.3 is 0 Å². The topological polar surface area (TPSA) is 164 Å². The van der Waals surface area contributed by atoms with Crippen molar-refractivity contribution in [2.75, 3.05) is 22.9 Å². The molecule has 10 nitrogen and oxygen atoms in total. The third-order valence-electron chi connectivity index (χ3n) is 5.93. The van der Waals surface area contributed by atoms with Gasteiger partial charge in [0.2, 0.25) is 5.95 Å². The van der Waals surface area contributed by atoms with Crippen LogP contribution in [0.15, 0.2) is 53.3 Å². The molecule has 0 aliphatic carbocycles. The normalized spacial score (nSPS) is 15.2. The number of nitrogens with two attached hydrogens (primary N) is 2. The Morgan fingerprint density at radius 2 is 1.76 bits per heavy atom. The zero-order valence-corrected chi connectivity index (χ0v) is 18.0. The first-order valence-electron chi connectivity index (χ1n) is 10.6. The summed E-state index contributed by atoms with van der Waals surface area (Å²) in [6.45, 7) is 0.566.